The number of hydrogen-bond acceptors (Lipinski definition) is 4. The number of halogens is 1. The summed E-state index contributed by atoms with van der Waals surface area (Å²) < 4.78 is 5.33. The van der Waals surface area contributed by atoms with Gasteiger partial charge in [0.25, 0.3) is 5.91 Å². The molecule has 1 heterocycles. The first-order chi connectivity index (χ1) is 13.5. The Morgan fingerprint density at radius 1 is 1.07 bits per heavy atom. The lowest BCUT2D eigenvalue weighted by Crippen LogP contribution is -2.51. The van der Waals surface area contributed by atoms with Gasteiger partial charge in [-0.15, -0.1) is 12.4 Å². The molecule has 1 aliphatic carbocycles. The number of carbonyl (C=O) groups is 2. The van der Waals surface area contributed by atoms with Crippen LogP contribution in [0.1, 0.15) is 54.4 Å². The Labute approximate surface area is 180 Å². The molecule has 1 saturated heterocycles. The van der Waals surface area contributed by atoms with Crippen LogP contribution in [0.25, 0.3) is 0 Å². The van der Waals surface area contributed by atoms with Crippen molar-refractivity contribution < 1.29 is 14.3 Å². The lowest BCUT2D eigenvalue weighted by molar-refractivity contribution is -0.135. The molecule has 0 unspecified atom stereocenters. The van der Waals surface area contributed by atoms with E-state index in [1.165, 1.54) is 19.3 Å². The highest BCUT2D eigenvalue weighted by Gasteiger charge is 2.35. The molecule has 0 aromatic heterocycles. The summed E-state index contributed by atoms with van der Waals surface area (Å²) in [6.45, 7) is 4.86. The molecule has 0 radical (unpaired) electrons. The fraction of sp³-hybridized carbons (Fsp3) is 0.636. The molecule has 162 valence electrons. The zero-order chi connectivity index (χ0) is 20.1. The van der Waals surface area contributed by atoms with Crippen molar-refractivity contribution in [3.8, 4) is 5.75 Å². The first-order valence-electron chi connectivity index (χ1n) is 10.4. The summed E-state index contributed by atoms with van der Waals surface area (Å²) in [6, 6.07) is 5.54. The van der Waals surface area contributed by atoms with Crippen molar-refractivity contribution >= 4 is 24.2 Å². The normalized spacial score (nSPS) is 18.7. The maximum absolute atomic E-state index is 12.8. The third kappa shape index (κ3) is 5.43. The number of methoxy groups -OCH3 is 1. The molecule has 0 atom stereocenters. The van der Waals surface area contributed by atoms with E-state index < -0.39 is 0 Å². The van der Waals surface area contributed by atoms with Gasteiger partial charge in [0.05, 0.1) is 7.11 Å². The van der Waals surface area contributed by atoms with Crippen LogP contribution in [0.3, 0.4) is 0 Å². The second-order valence-electron chi connectivity index (χ2n) is 8.30. The Hall–Kier alpha value is -1.79. The Balaban J connectivity index is 0.00000300. The molecule has 7 heteroatoms. The average Bonchev–Trinajstić information content (AvgIpc) is 2.74. The highest BCUT2D eigenvalue weighted by molar-refractivity contribution is 5.95. The van der Waals surface area contributed by atoms with Crippen LogP contribution in [-0.4, -0.2) is 61.4 Å². The molecule has 3 rings (SSSR count). The van der Waals surface area contributed by atoms with Crippen molar-refractivity contribution in [2.45, 2.75) is 45.4 Å². The molecule has 2 aliphatic rings. The van der Waals surface area contributed by atoms with Crippen LogP contribution in [0.4, 0.5) is 0 Å². The Morgan fingerprint density at radius 2 is 1.69 bits per heavy atom. The minimum absolute atomic E-state index is 0. The van der Waals surface area contributed by atoms with Crippen LogP contribution >= 0.6 is 12.4 Å². The van der Waals surface area contributed by atoms with E-state index in [2.05, 4.69) is 0 Å². The van der Waals surface area contributed by atoms with Gasteiger partial charge >= 0.3 is 0 Å². The van der Waals surface area contributed by atoms with E-state index >= 15 is 0 Å². The fourth-order valence-corrected chi connectivity index (χ4v) is 4.48. The Kier molecular flexibility index (Phi) is 8.34. The number of amides is 2. The van der Waals surface area contributed by atoms with Gasteiger partial charge in [-0.05, 0) is 49.4 Å². The zero-order valence-corrected chi connectivity index (χ0v) is 18.4. The van der Waals surface area contributed by atoms with Crippen molar-refractivity contribution in [3.05, 3.63) is 29.3 Å². The van der Waals surface area contributed by atoms with Crippen molar-refractivity contribution in [3.63, 3.8) is 0 Å². The third-order valence-corrected chi connectivity index (χ3v) is 6.45. The first kappa shape index (κ1) is 23.5. The molecular weight excluding hydrogens is 390 g/mol. The minimum Gasteiger partial charge on any atom is -0.496 e. The number of hydrogen-bond donors (Lipinski definition) is 1. The van der Waals surface area contributed by atoms with Crippen molar-refractivity contribution in [2.75, 3.05) is 39.8 Å². The van der Waals surface area contributed by atoms with Gasteiger partial charge < -0.3 is 20.3 Å². The van der Waals surface area contributed by atoms with Crippen LogP contribution in [0, 0.1) is 12.3 Å². The first-order valence-corrected chi connectivity index (χ1v) is 10.4. The summed E-state index contributed by atoms with van der Waals surface area (Å²) in [4.78, 5) is 29.4. The van der Waals surface area contributed by atoms with E-state index in [0.29, 0.717) is 44.7 Å². The van der Waals surface area contributed by atoms with Crippen LogP contribution in [-0.2, 0) is 4.79 Å². The van der Waals surface area contributed by atoms with Gasteiger partial charge in [-0.2, -0.15) is 0 Å². The molecule has 0 bridgehead atoms. The lowest BCUT2D eigenvalue weighted by Gasteiger charge is -2.39. The van der Waals surface area contributed by atoms with Crippen molar-refractivity contribution in [1.29, 1.82) is 0 Å². The number of nitrogens with two attached hydrogens (primary N) is 1. The zero-order valence-electron chi connectivity index (χ0n) is 17.6. The number of piperazine rings is 1. The number of ether oxygens (including phenoxy) is 1. The maximum Gasteiger partial charge on any atom is 0.254 e. The topological polar surface area (TPSA) is 75.9 Å². The molecule has 29 heavy (non-hydrogen) atoms. The van der Waals surface area contributed by atoms with Gasteiger partial charge in [-0.25, -0.2) is 0 Å². The SMILES string of the molecule is COc1cc(C(=O)N2CCN(C(=O)CC3(CN)CCCCC3)CC2)ccc1C.Cl. The summed E-state index contributed by atoms with van der Waals surface area (Å²) >= 11 is 0. The molecule has 2 fully saturated rings. The van der Waals surface area contributed by atoms with Crippen molar-refractivity contribution in [2.24, 2.45) is 11.1 Å². The van der Waals surface area contributed by atoms with Gasteiger partial charge in [0, 0.05) is 38.2 Å². The average molecular weight is 424 g/mol. The molecule has 6 nitrogen and oxygen atoms in total. The summed E-state index contributed by atoms with van der Waals surface area (Å²) in [5, 5.41) is 0. The highest BCUT2D eigenvalue weighted by Crippen LogP contribution is 2.38. The van der Waals surface area contributed by atoms with E-state index in [1.54, 1.807) is 13.2 Å². The predicted octanol–water partition coefficient (Wildman–Crippen LogP) is 3.01. The van der Waals surface area contributed by atoms with Crippen molar-refractivity contribution in [1.82, 2.24) is 9.80 Å². The fourth-order valence-electron chi connectivity index (χ4n) is 4.48. The number of rotatable bonds is 5. The molecular formula is C22H34ClN3O3. The largest absolute Gasteiger partial charge is 0.496 e. The summed E-state index contributed by atoms with van der Waals surface area (Å²) in [6.07, 6.45) is 6.26. The number of aryl methyl sites for hydroxylation is 1. The summed E-state index contributed by atoms with van der Waals surface area (Å²) in [7, 11) is 1.61. The van der Waals surface area contributed by atoms with E-state index in [9.17, 15) is 9.59 Å². The Morgan fingerprint density at radius 3 is 2.28 bits per heavy atom. The number of benzene rings is 1. The molecule has 2 amide bonds. The minimum atomic E-state index is -0.0132. The van der Waals surface area contributed by atoms with Crippen LogP contribution in [0.5, 0.6) is 5.75 Å². The van der Waals surface area contributed by atoms with E-state index in [-0.39, 0.29) is 29.6 Å². The highest BCUT2D eigenvalue weighted by atomic mass is 35.5. The van der Waals surface area contributed by atoms with Gasteiger partial charge in [0.1, 0.15) is 5.75 Å². The molecule has 1 aliphatic heterocycles. The van der Waals surface area contributed by atoms with E-state index in [1.807, 2.05) is 28.9 Å². The van der Waals surface area contributed by atoms with E-state index in [4.69, 9.17) is 10.5 Å². The smallest absolute Gasteiger partial charge is 0.254 e. The van der Waals surface area contributed by atoms with E-state index in [0.717, 1.165) is 24.2 Å². The van der Waals surface area contributed by atoms with Crippen LogP contribution in [0.15, 0.2) is 18.2 Å². The van der Waals surface area contributed by atoms with Crippen LogP contribution < -0.4 is 10.5 Å². The number of carbonyl (C=O) groups excluding carboxylic acids is 2. The lowest BCUT2D eigenvalue weighted by atomic mass is 9.71. The predicted molar refractivity (Wildman–Crippen MR) is 117 cm³/mol. The molecule has 1 aromatic rings. The Bertz CT molecular complexity index is 711. The molecule has 1 aromatic carbocycles. The monoisotopic (exact) mass is 423 g/mol. The number of nitrogens with zero attached hydrogens (tertiary/aromatic N) is 2. The van der Waals surface area contributed by atoms with Gasteiger partial charge in [0.2, 0.25) is 5.91 Å². The van der Waals surface area contributed by atoms with Gasteiger partial charge in [0.15, 0.2) is 0 Å². The van der Waals surface area contributed by atoms with Crippen LogP contribution in [0.2, 0.25) is 0 Å². The second-order valence-corrected chi connectivity index (χ2v) is 8.30. The molecule has 0 spiro atoms. The maximum atomic E-state index is 12.8. The summed E-state index contributed by atoms with van der Waals surface area (Å²) in [5.41, 5.74) is 7.67. The molecule has 2 N–H and O–H groups in total. The van der Waals surface area contributed by atoms with Gasteiger partial charge in [-0.3, -0.25) is 9.59 Å². The third-order valence-electron chi connectivity index (χ3n) is 6.45. The second kappa shape index (κ2) is 10.3. The summed E-state index contributed by atoms with van der Waals surface area (Å²) in [5.74, 6) is 0.909. The standard InChI is InChI=1S/C22H33N3O3.ClH/c1-17-6-7-18(14-19(17)28-2)21(27)25-12-10-24(11-13-25)20(26)15-22(16-23)8-4-3-5-9-22;/h6-7,14H,3-5,8-13,15-16,23H2,1-2H3;1H. The molecule has 1 saturated carbocycles. The quantitative estimate of drug-likeness (QED) is 0.789. The van der Waals surface area contributed by atoms with Gasteiger partial charge in [-0.1, -0.05) is 25.3 Å².